The van der Waals surface area contributed by atoms with Gasteiger partial charge in [-0.15, -0.1) is 0 Å². The van der Waals surface area contributed by atoms with E-state index in [1.807, 2.05) is 6.07 Å². The molecular formula is C12H12N4OS. The third-order valence-corrected chi connectivity index (χ3v) is 2.60. The van der Waals surface area contributed by atoms with E-state index in [-0.39, 0.29) is 10.9 Å². The van der Waals surface area contributed by atoms with Crippen LogP contribution in [0.1, 0.15) is 16.1 Å². The Balaban J connectivity index is 2.24. The number of thiocarbonyl (C=S) groups is 1. The molecule has 3 N–H and O–H groups in total. The molecule has 18 heavy (non-hydrogen) atoms. The van der Waals surface area contributed by atoms with Gasteiger partial charge in [0.15, 0.2) is 0 Å². The van der Waals surface area contributed by atoms with Crippen molar-refractivity contribution in [2.75, 3.05) is 5.32 Å². The Morgan fingerprint density at radius 1 is 1.44 bits per heavy atom. The number of hydrogen-bond acceptors (Lipinski definition) is 3. The van der Waals surface area contributed by atoms with E-state index in [1.165, 1.54) is 0 Å². The van der Waals surface area contributed by atoms with Crippen molar-refractivity contribution < 1.29 is 4.79 Å². The molecule has 0 unspecified atom stereocenters. The molecule has 92 valence electrons. The van der Waals surface area contributed by atoms with E-state index in [1.54, 1.807) is 42.3 Å². The molecule has 1 heterocycles. The molecule has 0 fully saturated rings. The number of carbonyl (C=O) groups is 1. The Morgan fingerprint density at radius 2 is 2.17 bits per heavy atom. The maximum absolute atomic E-state index is 11.9. The lowest BCUT2D eigenvalue weighted by molar-refractivity contribution is 0.102. The highest BCUT2D eigenvalue weighted by Crippen LogP contribution is 2.15. The van der Waals surface area contributed by atoms with Crippen LogP contribution in [0.4, 0.5) is 5.69 Å². The highest BCUT2D eigenvalue weighted by molar-refractivity contribution is 7.80. The van der Waals surface area contributed by atoms with Gasteiger partial charge in [-0.3, -0.25) is 4.79 Å². The Bertz CT molecular complexity index is 606. The monoisotopic (exact) mass is 260 g/mol. The number of para-hydroxylation sites is 1. The van der Waals surface area contributed by atoms with Crippen LogP contribution < -0.4 is 11.1 Å². The molecule has 0 bridgehead atoms. The van der Waals surface area contributed by atoms with Crippen molar-refractivity contribution in [3.63, 3.8) is 0 Å². The quantitative estimate of drug-likeness (QED) is 0.816. The van der Waals surface area contributed by atoms with Gasteiger partial charge in [0, 0.05) is 18.8 Å². The standard InChI is InChI=1S/C12H12N4OS/c1-16-6-10(14-7-16)12(17)15-9-5-3-2-4-8(9)11(13)18/h2-7H,1H3,(H2,13,18)(H,15,17). The van der Waals surface area contributed by atoms with Crippen LogP contribution in [0.2, 0.25) is 0 Å². The minimum Gasteiger partial charge on any atom is -0.389 e. The fraction of sp³-hybridized carbons (Fsp3) is 0.0833. The summed E-state index contributed by atoms with van der Waals surface area (Å²) in [4.78, 5) is 16.1. The average Bonchev–Trinajstić information content (AvgIpc) is 2.76. The zero-order valence-electron chi connectivity index (χ0n) is 9.75. The van der Waals surface area contributed by atoms with Gasteiger partial charge in [-0.05, 0) is 12.1 Å². The predicted octanol–water partition coefficient (Wildman–Crippen LogP) is 1.31. The second-order valence-electron chi connectivity index (χ2n) is 3.79. The number of nitrogens with zero attached hydrogens (tertiary/aromatic N) is 2. The Kier molecular flexibility index (Phi) is 3.38. The summed E-state index contributed by atoms with van der Waals surface area (Å²) in [6.07, 6.45) is 3.20. The number of nitrogens with two attached hydrogens (primary N) is 1. The van der Waals surface area contributed by atoms with Crippen molar-refractivity contribution in [2.24, 2.45) is 12.8 Å². The number of amides is 1. The minimum atomic E-state index is -0.292. The second kappa shape index (κ2) is 4.97. The molecule has 0 spiro atoms. The van der Waals surface area contributed by atoms with Crippen molar-refractivity contribution in [3.05, 3.63) is 48.0 Å². The topological polar surface area (TPSA) is 72.9 Å². The molecule has 2 aromatic rings. The Morgan fingerprint density at radius 3 is 2.78 bits per heavy atom. The van der Waals surface area contributed by atoms with Crippen molar-refractivity contribution in [1.29, 1.82) is 0 Å². The number of aromatic nitrogens is 2. The molecule has 0 saturated heterocycles. The molecule has 1 aromatic heterocycles. The van der Waals surface area contributed by atoms with Gasteiger partial charge in [0.2, 0.25) is 0 Å². The third kappa shape index (κ3) is 2.54. The fourth-order valence-corrected chi connectivity index (χ4v) is 1.70. The van der Waals surface area contributed by atoms with Gasteiger partial charge in [0.25, 0.3) is 5.91 Å². The molecule has 0 saturated carbocycles. The summed E-state index contributed by atoms with van der Waals surface area (Å²) in [7, 11) is 1.80. The van der Waals surface area contributed by atoms with Crippen molar-refractivity contribution in [1.82, 2.24) is 9.55 Å². The molecule has 1 aromatic carbocycles. The summed E-state index contributed by atoms with van der Waals surface area (Å²) in [6.45, 7) is 0. The van der Waals surface area contributed by atoms with Gasteiger partial charge in [-0.25, -0.2) is 4.98 Å². The zero-order valence-corrected chi connectivity index (χ0v) is 10.6. The van der Waals surface area contributed by atoms with E-state index in [2.05, 4.69) is 10.3 Å². The minimum absolute atomic E-state index is 0.243. The fourth-order valence-electron chi connectivity index (χ4n) is 1.52. The number of anilines is 1. The van der Waals surface area contributed by atoms with Gasteiger partial charge in [0.05, 0.1) is 12.0 Å². The highest BCUT2D eigenvalue weighted by Gasteiger charge is 2.11. The van der Waals surface area contributed by atoms with Crippen LogP contribution in [0.15, 0.2) is 36.8 Å². The number of aryl methyl sites for hydroxylation is 1. The smallest absolute Gasteiger partial charge is 0.275 e. The lowest BCUT2D eigenvalue weighted by atomic mass is 10.1. The van der Waals surface area contributed by atoms with E-state index in [4.69, 9.17) is 18.0 Å². The average molecular weight is 260 g/mol. The summed E-state index contributed by atoms with van der Waals surface area (Å²) in [5, 5.41) is 2.74. The first kappa shape index (κ1) is 12.3. The number of nitrogens with one attached hydrogen (secondary N) is 1. The number of benzene rings is 1. The van der Waals surface area contributed by atoms with Crippen LogP contribution in [0, 0.1) is 0 Å². The summed E-state index contributed by atoms with van der Waals surface area (Å²) in [6, 6.07) is 7.12. The largest absolute Gasteiger partial charge is 0.389 e. The van der Waals surface area contributed by atoms with Gasteiger partial charge >= 0.3 is 0 Å². The van der Waals surface area contributed by atoms with Crippen molar-refractivity contribution >= 4 is 28.8 Å². The van der Waals surface area contributed by atoms with Gasteiger partial charge in [0.1, 0.15) is 10.7 Å². The lowest BCUT2D eigenvalue weighted by Crippen LogP contribution is -2.17. The zero-order chi connectivity index (χ0) is 13.1. The Hall–Kier alpha value is -2.21. The summed E-state index contributed by atoms with van der Waals surface area (Å²) >= 11 is 4.93. The van der Waals surface area contributed by atoms with Gasteiger partial charge < -0.3 is 15.6 Å². The Labute approximate surface area is 110 Å². The molecule has 1 amide bonds. The summed E-state index contributed by atoms with van der Waals surface area (Å²) in [5.41, 5.74) is 7.16. The number of carbonyl (C=O) groups excluding carboxylic acids is 1. The molecule has 2 rings (SSSR count). The van der Waals surface area contributed by atoms with E-state index in [0.29, 0.717) is 16.9 Å². The van der Waals surface area contributed by atoms with E-state index < -0.39 is 0 Å². The number of hydrogen-bond donors (Lipinski definition) is 2. The van der Waals surface area contributed by atoms with Crippen LogP contribution in [0.3, 0.4) is 0 Å². The maximum atomic E-state index is 11.9. The highest BCUT2D eigenvalue weighted by atomic mass is 32.1. The molecular weight excluding hydrogens is 248 g/mol. The van der Waals surface area contributed by atoms with Crippen LogP contribution in [-0.4, -0.2) is 20.4 Å². The second-order valence-corrected chi connectivity index (χ2v) is 4.23. The van der Waals surface area contributed by atoms with Crippen LogP contribution in [0.5, 0.6) is 0 Å². The first-order chi connectivity index (χ1) is 8.58. The van der Waals surface area contributed by atoms with Crippen LogP contribution >= 0.6 is 12.2 Å². The normalized spacial score (nSPS) is 10.1. The molecule has 0 aliphatic carbocycles. The van der Waals surface area contributed by atoms with E-state index in [0.717, 1.165) is 0 Å². The molecule has 0 radical (unpaired) electrons. The third-order valence-electron chi connectivity index (χ3n) is 2.38. The first-order valence-electron chi connectivity index (χ1n) is 5.26. The van der Waals surface area contributed by atoms with Gasteiger partial charge in [-0.1, -0.05) is 24.4 Å². The van der Waals surface area contributed by atoms with Crippen LogP contribution in [-0.2, 0) is 7.05 Å². The van der Waals surface area contributed by atoms with E-state index in [9.17, 15) is 4.79 Å². The maximum Gasteiger partial charge on any atom is 0.275 e. The molecule has 6 heteroatoms. The SMILES string of the molecule is Cn1cnc(C(=O)Nc2ccccc2C(N)=S)c1. The van der Waals surface area contributed by atoms with Gasteiger partial charge in [-0.2, -0.15) is 0 Å². The predicted molar refractivity (Wildman–Crippen MR) is 73.5 cm³/mol. The van der Waals surface area contributed by atoms with Crippen molar-refractivity contribution in [3.8, 4) is 0 Å². The molecule has 5 nitrogen and oxygen atoms in total. The first-order valence-corrected chi connectivity index (χ1v) is 5.67. The van der Waals surface area contributed by atoms with Crippen LogP contribution in [0.25, 0.3) is 0 Å². The molecule has 0 aliphatic rings. The summed E-state index contributed by atoms with van der Waals surface area (Å²) in [5.74, 6) is -0.292. The molecule has 0 atom stereocenters. The van der Waals surface area contributed by atoms with E-state index >= 15 is 0 Å². The van der Waals surface area contributed by atoms with Crippen molar-refractivity contribution in [2.45, 2.75) is 0 Å². The number of rotatable bonds is 3. The lowest BCUT2D eigenvalue weighted by Gasteiger charge is -2.08. The molecule has 0 aliphatic heterocycles. The summed E-state index contributed by atoms with van der Waals surface area (Å²) < 4.78 is 1.70. The number of imidazole rings is 1.